The summed E-state index contributed by atoms with van der Waals surface area (Å²) in [4.78, 5) is 0. The summed E-state index contributed by atoms with van der Waals surface area (Å²) < 4.78 is 0. The van der Waals surface area contributed by atoms with E-state index in [4.69, 9.17) is 11.6 Å². The van der Waals surface area contributed by atoms with Gasteiger partial charge in [-0.3, -0.25) is 0 Å². The first-order valence-electron chi connectivity index (χ1n) is 5.33. The summed E-state index contributed by atoms with van der Waals surface area (Å²) in [6, 6.07) is 7.71. The number of aliphatic hydroxyl groups is 1. The van der Waals surface area contributed by atoms with Gasteiger partial charge >= 0.3 is 0 Å². The van der Waals surface area contributed by atoms with Gasteiger partial charge in [0.25, 0.3) is 0 Å². The van der Waals surface area contributed by atoms with Crippen LogP contribution in [0.5, 0.6) is 0 Å². The van der Waals surface area contributed by atoms with E-state index in [1.54, 1.807) is 0 Å². The van der Waals surface area contributed by atoms with Crippen molar-refractivity contribution in [3.05, 3.63) is 47.0 Å². The quantitative estimate of drug-likeness (QED) is 0.761. The molecule has 1 unspecified atom stereocenters. The zero-order chi connectivity index (χ0) is 10.7. The Bertz CT molecular complexity index is 373. The van der Waals surface area contributed by atoms with E-state index in [1.165, 1.54) is 0 Å². The van der Waals surface area contributed by atoms with Crippen LogP contribution in [0.3, 0.4) is 0 Å². The van der Waals surface area contributed by atoms with Crippen LogP contribution in [0.15, 0.2) is 36.4 Å². The van der Waals surface area contributed by atoms with Gasteiger partial charge in [0.2, 0.25) is 0 Å². The zero-order valence-corrected chi connectivity index (χ0v) is 9.37. The Morgan fingerprint density at radius 3 is 2.80 bits per heavy atom. The Kier molecular flexibility index (Phi) is 3.13. The Balaban J connectivity index is 2.17. The molecule has 0 amide bonds. The molecule has 1 nitrogen and oxygen atoms in total. The number of rotatable bonds is 2. The van der Waals surface area contributed by atoms with Gasteiger partial charge in [-0.05, 0) is 30.9 Å². The third kappa shape index (κ3) is 2.61. The minimum Gasteiger partial charge on any atom is -0.385 e. The maximum atomic E-state index is 10.3. The van der Waals surface area contributed by atoms with Gasteiger partial charge in [-0.25, -0.2) is 0 Å². The molecule has 1 aliphatic rings. The van der Waals surface area contributed by atoms with E-state index in [2.05, 4.69) is 6.08 Å². The van der Waals surface area contributed by atoms with E-state index in [1.807, 2.05) is 30.3 Å². The SMILES string of the molecule is OC1(Cc2ccccc2Cl)C=CCCC1. The van der Waals surface area contributed by atoms with E-state index >= 15 is 0 Å². The van der Waals surface area contributed by atoms with Crippen LogP contribution >= 0.6 is 11.6 Å². The fourth-order valence-corrected chi connectivity index (χ4v) is 2.23. The molecule has 1 atom stereocenters. The van der Waals surface area contributed by atoms with Crippen molar-refractivity contribution in [1.82, 2.24) is 0 Å². The molecule has 0 heterocycles. The van der Waals surface area contributed by atoms with Crippen molar-refractivity contribution in [2.75, 3.05) is 0 Å². The molecule has 1 aromatic carbocycles. The van der Waals surface area contributed by atoms with Crippen LogP contribution in [0, 0.1) is 0 Å². The third-order valence-corrected chi connectivity index (χ3v) is 3.23. The molecule has 15 heavy (non-hydrogen) atoms. The van der Waals surface area contributed by atoms with Crippen molar-refractivity contribution in [3.63, 3.8) is 0 Å². The third-order valence-electron chi connectivity index (χ3n) is 2.86. The van der Waals surface area contributed by atoms with E-state index in [9.17, 15) is 5.11 Å². The fraction of sp³-hybridized carbons (Fsp3) is 0.385. The van der Waals surface area contributed by atoms with Gasteiger partial charge in [-0.15, -0.1) is 0 Å². The Labute approximate surface area is 95.4 Å². The lowest BCUT2D eigenvalue weighted by Crippen LogP contribution is -2.30. The highest BCUT2D eigenvalue weighted by Gasteiger charge is 2.26. The average molecular weight is 223 g/mol. The first kappa shape index (κ1) is 10.7. The number of hydrogen-bond donors (Lipinski definition) is 1. The Hall–Kier alpha value is -0.790. The van der Waals surface area contributed by atoms with Crippen molar-refractivity contribution < 1.29 is 5.11 Å². The van der Waals surface area contributed by atoms with Gasteiger partial charge in [0.05, 0.1) is 5.60 Å². The molecule has 80 valence electrons. The monoisotopic (exact) mass is 222 g/mol. The fourth-order valence-electron chi connectivity index (χ4n) is 2.03. The van der Waals surface area contributed by atoms with Gasteiger partial charge in [0, 0.05) is 11.4 Å². The standard InChI is InChI=1S/C13H15ClO/c14-12-7-3-2-6-11(12)10-13(15)8-4-1-5-9-13/h2-4,6-8,15H,1,5,9-10H2. The summed E-state index contributed by atoms with van der Waals surface area (Å²) in [5.74, 6) is 0. The molecule has 0 radical (unpaired) electrons. The second-order valence-electron chi connectivity index (χ2n) is 4.17. The molecular formula is C13H15ClO. The molecule has 1 aromatic rings. The maximum absolute atomic E-state index is 10.3. The number of halogens is 1. The molecule has 2 heteroatoms. The molecule has 0 spiro atoms. The summed E-state index contributed by atoms with van der Waals surface area (Å²) in [7, 11) is 0. The lowest BCUT2D eigenvalue weighted by molar-refractivity contribution is 0.0751. The molecule has 0 aliphatic heterocycles. The first-order valence-corrected chi connectivity index (χ1v) is 5.71. The van der Waals surface area contributed by atoms with Crippen molar-refractivity contribution in [1.29, 1.82) is 0 Å². The summed E-state index contributed by atoms with van der Waals surface area (Å²) in [5.41, 5.74) is 0.330. The molecule has 1 aliphatic carbocycles. The van der Waals surface area contributed by atoms with Crippen LogP contribution in [0.4, 0.5) is 0 Å². The summed E-state index contributed by atoms with van der Waals surface area (Å²) in [6.07, 6.45) is 7.54. The van der Waals surface area contributed by atoms with Crippen LogP contribution in [-0.4, -0.2) is 10.7 Å². The normalized spacial score (nSPS) is 25.5. The highest BCUT2D eigenvalue weighted by molar-refractivity contribution is 6.31. The topological polar surface area (TPSA) is 20.2 Å². The summed E-state index contributed by atoms with van der Waals surface area (Å²) in [5, 5.41) is 11.0. The van der Waals surface area contributed by atoms with Crippen LogP contribution in [-0.2, 0) is 6.42 Å². The molecule has 0 bridgehead atoms. The Morgan fingerprint density at radius 2 is 2.13 bits per heavy atom. The van der Waals surface area contributed by atoms with Crippen LogP contribution in [0.2, 0.25) is 5.02 Å². The highest BCUT2D eigenvalue weighted by Crippen LogP contribution is 2.28. The zero-order valence-electron chi connectivity index (χ0n) is 8.62. The second kappa shape index (κ2) is 4.38. The largest absolute Gasteiger partial charge is 0.385 e. The number of allylic oxidation sites excluding steroid dienone is 1. The minimum atomic E-state index is -0.691. The predicted octanol–water partition coefficient (Wildman–Crippen LogP) is 3.35. The van der Waals surface area contributed by atoms with Gasteiger partial charge in [-0.2, -0.15) is 0 Å². The summed E-state index contributed by atoms with van der Waals surface area (Å²) >= 11 is 6.07. The van der Waals surface area contributed by atoms with E-state index in [-0.39, 0.29) is 0 Å². The van der Waals surface area contributed by atoms with Gasteiger partial charge < -0.3 is 5.11 Å². The van der Waals surface area contributed by atoms with Crippen LogP contribution < -0.4 is 0 Å². The molecule has 0 saturated heterocycles. The minimum absolute atomic E-state index is 0.614. The smallest absolute Gasteiger partial charge is 0.0868 e. The van der Waals surface area contributed by atoms with Crippen molar-refractivity contribution in [2.24, 2.45) is 0 Å². The lowest BCUT2D eigenvalue weighted by atomic mass is 9.85. The van der Waals surface area contributed by atoms with Gasteiger partial charge in [0.1, 0.15) is 0 Å². The first-order chi connectivity index (χ1) is 7.20. The Morgan fingerprint density at radius 1 is 1.33 bits per heavy atom. The van der Waals surface area contributed by atoms with Crippen molar-refractivity contribution in [2.45, 2.75) is 31.3 Å². The van der Waals surface area contributed by atoms with Crippen LogP contribution in [0.1, 0.15) is 24.8 Å². The lowest BCUT2D eigenvalue weighted by Gasteiger charge is -2.27. The van der Waals surface area contributed by atoms with Crippen molar-refractivity contribution in [3.8, 4) is 0 Å². The summed E-state index contributed by atoms with van der Waals surface area (Å²) in [6.45, 7) is 0. The highest BCUT2D eigenvalue weighted by atomic mass is 35.5. The van der Waals surface area contributed by atoms with Crippen molar-refractivity contribution >= 4 is 11.6 Å². The molecule has 1 N–H and O–H groups in total. The average Bonchev–Trinajstić information content (AvgIpc) is 2.22. The molecule has 0 aromatic heterocycles. The molecule has 0 saturated carbocycles. The van der Waals surface area contributed by atoms with E-state index in [0.717, 1.165) is 29.8 Å². The number of hydrogen-bond acceptors (Lipinski definition) is 1. The maximum Gasteiger partial charge on any atom is 0.0868 e. The number of benzene rings is 1. The van der Waals surface area contributed by atoms with Gasteiger partial charge in [-0.1, -0.05) is 42.0 Å². The molecular weight excluding hydrogens is 208 g/mol. The van der Waals surface area contributed by atoms with Gasteiger partial charge in [0.15, 0.2) is 0 Å². The molecule has 2 rings (SSSR count). The van der Waals surface area contributed by atoms with E-state index in [0.29, 0.717) is 6.42 Å². The second-order valence-corrected chi connectivity index (χ2v) is 4.57. The van der Waals surface area contributed by atoms with Crippen LogP contribution in [0.25, 0.3) is 0 Å². The van der Waals surface area contributed by atoms with E-state index < -0.39 is 5.60 Å². The predicted molar refractivity (Wildman–Crippen MR) is 63.1 cm³/mol. The molecule has 0 fully saturated rings.